The quantitative estimate of drug-likeness (QED) is 0.276. The van der Waals surface area contributed by atoms with Crippen molar-refractivity contribution in [3.05, 3.63) is 60.2 Å². The lowest BCUT2D eigenvalue weighted by Gasteiger charge is -2.19. The van der Waals surface area contributed by atoms with E-state index in [1.165, 1.54) is 5.56 Å². The molecule has 5 atom stereocenters. The van der Waals surface area contributed by atoms with Gasteiger partial charge in [-0.25, -0.2) is 0 Å². The third-order valence-electron chi connectivity index (χ3n) is 6.10. The normalized spacial score (nSPS) is 24.6. The van der Waals surface area contributed by atoms with Crippen molar-refractivity contribution in [2.24, 2.45) is 17.8 Å². The molecule has 0 aromatic heterocycles. The van der Waals surface area contributed by atoms with E-state index in [9.17, 15) is 20.1 Å². The molecule has 5 nitrogen and oxygen atoms in total. The Balaban J connectivity index is 1.74. The first-order chi connectivity index (χ1) is 15.4. The Kier molecular flexibility index (Phi) is 11.7. The maximum atomic E-state index is 11.7. The number of allylic oxidation sites excluding steroid dienone is 2. The fourth-order valence-corrected chi connectivity index (χ4v) is 4.18. The third kappa shape index (κ3) is 9.68. The van der Waals surface area contributed by atoms with Crippen molar-refractivity contribution >= 4 is 5.91 Å². The lowest BCUT2D eigenvalue weighted by atomic mass is 9.89. The molecule has 0 unspecified atom stereocenters. The van der Waals surface area contributed by atoms with E-state index in [-0.39, 0.29) is 17.7 Å². The van der Waals surface area contributed by atoms with Gasteiger partial charge in [0.25, 0.3) is 0 Å². The van der Waals surface area contributed by atoms with E-state index in [0.29, 0.717) is 38.1 Å². The van der Waals surface area contributed by atoms with Gasteiger partial charge in [0.05, 0.1) is 18.3 Å². The summed E-state index contributed by atoms with van der Waals surface area (Å²) in [5.74, 6) is 0.326. The zero-order chi connectivity index (χ0) is 23.3. The molecule has 0 radical (unpaired) electrons. The zero-order valence-corrected chi connectivity index (χ0v) is 19.6. The molecule has 1 fully saturated rings. The van der Waals surface area contributed by atoms with Crippen LogP contribution in [0.3, 0.4) is 0 Å². The minimum Gasteiger partial charge on any atom is -0.393 e. The summed E-state index contributed by atoms with van der Waals surface area (Å²) in [7, 11) is 0. The molecule has 32 heavy (non-hydrogen) atoms. The topological polar surface area (TPSA) is 89.8 Å². The predicted octanol–water partition coefficient (Wildman–Crippen LogP) is 3.78. The number of benzene rings is 1. The fraction of sp³-hybridized carbons (Fsp3) is 0.593. The Morgan fingerprint density at radius 3 is 2.62 bits per heavy atom. The van der Waals surface area contributed by atoms with Crippen LogP contribution in [0.1, 0.15) is 57.9 Å². The van der Waals surface area contributed by atoms with Gasteiger partial charge in [0, 0.05) is 25.3 Å². The molecule has 1 amide bonds. The highest BCUT2D eigenvalue weighted by Gasteiger charge is 2.39. The summed E-state index contributed by atoms with van der Waals surface area (Å²) >= 11 is 0. The molecule has 178 valence electrons. The molecule has 0 bridgehead atoms. The fourth-order valence-electron chi connectivity index (χ4n) is 4.18. The van der Waals surface area contributed by atoms with Crippen molar-refractivity contribution < 1.29 is 20.1 Å². The van der Waals surface area contributed by atoms with Crippen LogP contribution in [-0.4, -0.2) is 46.1 Å². The van der Waals surface area contributed by atoms with Crippen molar-refractivity contribution in [3.63, 3.8) is 0 Å². The summed E-state index contributed by atoms with van der Waals surface area (Å²) in [5, 5.41) is 34.0. The number of aliphatic hydroxyl groups is 3. The monoisotopic (exact) mass is 443 g/mol. The largest absolute Gasteiger partial charge is 0.393 e. The van der Waals surface area contributed by atoms with Gasteiger partial charge >= 0.3 is 0 Å². The Morgan fingerprint density at radius 1 is 1.16 bits per heavy atom. The van der Waals surface area contributed by atoms with Gasteiger partial charge in [-0.05, 0) is 49.5 Å². The van der Waals surface area contributed by atoms with Crippen LogP contribution < -0.4 is 5.32 Å². The number of hydrogen-bond acceptors (Lipinski definition) is 4. The smallest absolute Gasteiger partial charge is 0.220 e. The molecule has 1 saturated carbocycles. The zero-order valence-electron chi connectivity index (χ0n) is 19.6. The van der Waals surface area contributed by atoms with E-state index in [0.717, 1.165) is 19.3 Å². The van der Waals surface area contributed by atoms with Crippen LogP contribution in [0, 0.1) is 17.8 Å². The lowest BCUT2D eigenvalue weighted by Crippen LogP contribution is -2.26. The molecule has 2 rings (SSSR count). The number of carbonyl (C=O) groups is 1. The second-order valence-corrected chi connectivity index (χ2v) is 9.39. The number of aliphatic hydroxyl groups excluding tert-OH is 3. The van der Waals surface area contributed by atoms with E-state index in [2.05, 4.69) is 25.2 Å². The predicted molar refractivity (Wildman–Crippen MR) is 129 cm³/mol. The summed E-state index contributed by atoms with van der Waals surface area (Å²) in [4.78, 5) is 11.7. The number of carbonyl (C=O) groups excluding carboxylic acids is 1. The van der Waals surface area contributed by atoms with Crippen molar-refractivity contribution in [2.45, 2.75) is 77.1 Å². The molecule has 5 heteroatoms. The molecule has 1 aromatic carbocycles. The van der Waals surface area contributed by atoms with Crippen LogP contribution in [0.2, 0.25) is 0 Å². The highest BCUT2D eigenvalue weighted by Crippen LogP contribution is 2.36. The van der Waals surface area contributed by atoms with Crippen molar-refractivity contribution in [3.8, 4) is 0 Å². The highest BCUT2D eigenvalue weighted by atomic mass is 16.3. The van der Waals surface area contributed by atoms with Crippen LogP contribution in [0.25, 0.3) is 0 Å². The molecule has 1 aliphatic carbocycles. The Hall–Kier alpha value is -1.95. The number of rotatable bonds is 13. The summed E-state index contributed by atoms with van der Waals surface area (Å²) in [5.41, 5.74) is 1.19. The van der Waals surface area contributed by atoms with Gasteiger partial charge in [0.15, 0.2) is 0 Å². The van der Waals surface area contributed by atoms with Gasteiger partial charge in [0.1, 0.15) is 0 Å². The Morgan fingerprint density at radius 2 is 1.91 bits per heavy atom. The van der Waals surface area contributed by atoms with Gasteiger partial charge in [-0.2, -0.15) is 0 Å². The minimum absolute atomic E-state index is 0.0619. The lowest BCUT2D eigenvalue weighted by molar-refractivity contribution is -0.121. The Labute approximate surface area is 193 Å². The van der Waals surface area contributed by atoms with Crippen LogP contribution in [0.15, 0.2) is 54.6 Å². The number of aryl methyl sites for hydroxylation is 1. The summed E-state index contributed by atoms with van der Waals surface area (Å²) in [6, 6.07) is 10.1. The maximum absolute atomic E-state index is 11.7. The number of unbranched alkanes of at least 4 members (excludes halogenated alkanes) is 1. The van der Waals surface area contributed by atoms with E-state index in [1.807, 2.05) is 42.5 Å². The number of amides is 1. The van der Waals surface area contributed by atoms with Gasteiger partial charge in [-0.15, -0.1) is 0 Å². The molecular weight excluding hydrogens is 402 g/mol. The van der Waals surface area contributed by atoms with E-state index in [1.54, 1.807) is 6.08 Å². The van der Waals surface area contributed by atoms with Crippen LogP contribution >= 0.6 is 0 Å². The molecule has 0 spiro atoms. The second kappa shape index (κ2) is 14.2. The number of hydrogen-bond donors (Lipinski definition) is 4. The average molecular weight is 444 g/mol. The number of nitrogens with one attached hydrogen (secondary N) is 1. The maximum Gasteiger partial charge on any atom is 0.220 e. The second-order valence-electron chi connectivity index (χ2n) is 9.39. The highest BCUT2D eigenvalue weighted by molar-refractivity contribution is 5.75. The summed E-state index contributed by atoms with van der Waals surface area (Å²) in [6.07, 6.45) is 10.6. The SMILES string of the molecule is CC(C)CNC(=O)CCC/C=C\C[C@@H]1[C@@H](/C=C/[C@@H](O)CCc2ccccc2)[C@H](O)C[C@@H]1O. The van der Waals surface area contributed by atoms with Gasteiger partial charge < -0.3 is 20.6 Å². The molecule has 1 aliphatic rings. The van der Waals surface area contributed by atoms with Gasteiger partial charge in [0.2, 0.25) is 5.91 Å². The Bertz CT molecular complexity index is 716. The van der Waals surface area contributed by atoms with E-state index in [4.69, 9.17) is 0 Å². The molecule has 0 saturated heterocycles. The standard InChI is InChI=1S/C27H41NO4/c1-20(2)19-28-27(32)13-9-4-3-8-12-23-24(26(31)18-25(23)30)17-16-22(29)15-14-21-10-6-5-7-11-21/h3,5-8,10-11,16-17,20,22-26,29-31H,4,9,12-15,18-19H2,1-2H3,(H,28,32)/b8-3-,17-16+/t22-,23+,24+,25-,26+/m0/s1. The first kappa shape index (κ1) is 26.3. The van der Waals surface area contributed by atoms with Crippen molar-refractivity contribution in [1.29, 1.82) is 0 Å². The van der Waals surface area contributed by atoms with Crippen molar-refractivity contribution in [2.75, 3.05) is 6.54 Å². The van der Waals surface area contributed by atoms with Gasteiger partial charge in [-0.1, -0.05) is 68.5 Å². The average Bonchev–Trinajstić information content (AvgIpc) is 3.04. The molecule has 4 N–H and O–H groups in total. The first-order valence-corrected chi connectivity index (χ1v) is 12.0. The van der Waals surface area contributed by atoms with Crippen LogP contribution in [0.4, 0.5) is 0 Å². The van der Waals surface area contributed by atoms with E-state index >= 15 is 0 Å². The minimum atomic E-state index is -0.592. The van der Waals surface area contributed by atoms with Crippen LogP contribution in [-0.2, 0) is 11.2 Å². The molecule has 0 aliphatic heterocycles. The summed E-state index contributed by atoms with van der Waals surface area (Å²) in [6.45, 7) is 4.86. The van der Waals surface area contributed by atoms with Crippen molar-refractivity contribution in [1.82, 2.24) is 5.32 Å². The van der Waals surface area contributed by atoms with E-state index < -0.39 is 18.3 Å². The van der Waals surface area contributed by atoms with Crippen LogP contribution in [0.5, 0.6) is 0 Å². The third-order valence-corrected chi connectivity index (χ3v) is 6.10. The molecular formula is C27H41NO4. The first-order valence-electron chi connectivity index (χ1n) is 12.0. The summed E-state index contributed by atoms with van der Waals surface area (Å²) < 4.78 is 0. The molecule has 0 heterocycles. The molecule has 1 aromatic rings. The van der Waals surface area contributed by atoms with Gasteiger partial charge in [-0.3, -0.25) is 4.79 Å².